The number of piperidine rings is 1. The lowest BCUT2D eigenvalue weighted by atomic mass is 9.90. The van der Waals surface area contributed by atoms with Gasteiger partial charge in [0.15, 0.2) is 0 Å². The van der Waals surface area contributed by atoms with Crippen LogP contribution in [0.2, 0.25) is 0 Å². The van der Waals surface area contributed by atoms with Gasteiger partial charge in [-0.1, -0.05) is 13.8 Å². The normalized spacial score (nSPS) is 27.2. The number of nitrogens with zero attached hydrogens (tertiary/aromatic N) is 1. The Morgan fingerprint density at radius 1 is 1.39 bits per heavy atom. The maximum absolute atomic E-state index is 11.7. The molecule has 3 N–H and O–H groups in total. The minimum Gasteiger partial charge on any atom is -0.395 e. The highest BCUT2D eigenvalue weighted by atomic mass is 16.3. The largest absolute Gasteiger partial charge is 0.395 e. The van der Waals surface area contributed by atoms with Crippen LogP contribution in [-0.4, -0.2) is 59.4 Å². The Balaban J connectivity index is 2.58. The maximum Gasteiger partial charge on any atom is 0.222 e. The van der Waals surface area contributed by atoms with Crippen LogP contribution in [0.1, 0.15) is 27.2 Å². The van der Waals surface area contributed by atoms with Crippen LogP contribution in [-0.2, 0) is 4.79 Å². The second-order valence-corrected chi connectivity index (χ2v) is 5.58. The molecular formula is C13H26N2O3. The molecule has 5 heteroatoms. The second kappa shape index (κ2) is 7.07. The Labute approximate surface area is 109 Å². The van der Waals surface area contributed by atoms with Gasteiger partial charge in [-0.05, 0) is 19.3 Å². The van der Waals surface area contributed by atoms with Crippen LogP contribution in [0, 0.1) is 11.8 Å². The highest BCUT2D eigenvalue weighted by molar-refractivity contribution is 5.78. The standard InChI is InChI=1S/C13H26N2O3/c1-9(2)13(18)14-12-6-11(10(3)17)7-15(8-12)4-5-16/h9-12,16-17H,4-8H2,1-3H3,(H,14,18). The molecule has 1 rings (SSSR count). The molecule has 18 heavy (non-hydrogen) atoms. The lowest BCUT2D eigenvalue weighted by Gasteiger charge is -2.39. The summed E-state index contributed by atoms with van der Waals surface area (Å²) in [6.07, 6.45) is 0.419. The second-order valence-electron chi connectivity index (χ2n) is 5.58. The summed E-state index contributed by atoms with van der Waals surface area (Å²) in [5, 5.41) is 21.7. The minimum atomic E-state index is -0.384. The number of aliphatic hydroxyl groups is 2. The number of carbonyl (C=O) groups is 1. The third kappa shape index (κ3) is 4.55. The van der Waals surface area contributed by atoms with E-state index in [2.05, 4.69) is 10.2 Å². The van der Waals surface area contributed by atoms with Crippen molar-refractivity contribution in [1.29, 1.82) is 0 Å². The fraction of sp³-hybridized carbons (Fsp3) is 0.923. The molecule has 1 aliphatic heterocycles. The Kier molecular flexibility index (Phi) is 6.05. The van der Waals surface area contributed by atoms with Gasteiger partial charge in [0.25, 0.3) is 0 Å². The van der Waals surface area contributed by atoms with Gasteiger partial charge in [0.1, 0.15) is 0 Å². The fourth-order valence-electron chi connectivity index (χ4n) is 2.38. The van der Waals surface area contributed by atoms with Gasteiger partial charge in [-0.3, -0.25) is 9.69 Å². The molecule has 3 atom stereocenters. The number of nitrogens with one attached hydrogen (secondary N) is 1. The summed E-state index contributed by atoms with van der Waals surface area (Å²) in [6, 6.07) is 0.0693. The van der Waals surface area contributed by atoms with Crippen molar-refractivity contribution < 1.29 is 15.0 Å². The number of carbonyl (C=O) groups excluding carboxylic acids is 1. The predicted molar refractivity (Wildman–Crippen MR) is 70.1 cm³/mol. The molecule has 5 nitrogen and oxygen atoms in total. The van der Waals surface area contributed by atoms with Crippen molar-refractivity contribution in [2.45, 2.75) is 39.3 Å². The summed E-state index contributed by atoms with van der Waals surface area (Å²) in [7, 11) is 0. The quantitative estimate of drug-likeness (QED) is 0.640. The van der Waals surface area contributed by atoms with Crippen LogP contribution < -0.4 is 5.32 Å². The molecule has 3 unspecified atom stereocenters. The zero-order valence-electron chi connectivity index (χ0n) is 11.6. The number of β-amino-alcohol motifs (C(OH)–C–C–N with tert-alkyl or cyclic N) is 1. The first-order valence-electron chi connectivity index (χ1n) is 6.75. The molecule has 1 fully saturated rings. The average molecular weight is 258 g/mol. The maximum atomic E-state index is 11.7. The van der Waals surface area contributed by atoms with Gasteiger partial charge in [0.05, 0.1) is 12.7 Å². The van der Waals surface area contributed by atoms with Gasteiger partial charge < -0.3 is 15.5 Å². The van der Waals surface area contributed by atoms with Crippen LogP contribution >= 0.6 is 0 Å². The Morgan fingerprint density at radius 2 is 2.06 bits per heavy atom. The van der Waals surface area contributed by atoms with Crippen molar-refractivity contribution in [3.05, 3.63) is 0 Å². The van der Waals surface area contributed by atoms with Crippen molar-refractivity contribution in [2.24, 2.45) is 11.8 Å². The number of likely N-dealkylation sites (tertiary alicyclic amines) is 1. The molecular weight excluding hydrogens is 232 g/mol. The van der Waals surface area contributed by atoms with E-state index in [1.54, 1.807) is 6.92 Å². The van der Waals surface area contributed by atoms with Crippen LogP contribution in [0.4, 0.5) is 0 Å². The van der Waals surface area contributed by atoms with Crippen molar-refractivity contribution in [3.63, 3.8) is 0 Å². The molecule has 0 spiro atoms. The molecule has 1 aliphatic rings. The van der Waals surface area contributed by atoms with E-state index < -0.39 is 0 Å². The topological polar surface area (TPSA) is 72.8 Å². The highest BCUT2D eigenvalue weighted by Crippen LogP contribution is 2.20. The van der Waals surface area contributed by atoms with E-state index in [1.165, 1.54) is 0 Å². The van der Waals surface area contributed by atoms with Gasteiger partial charge >= 0.3 is 0 Å². The number of amides is 1. The zero-order valence-corrected chi connectivity index (χ0v) is 11.6. The van der Waals surface area contributed by atoms with E-state index in [-0.39, 0.29) is 36.5 Å². The Hall–Kier alpha value is -0.650. The van der Waals surface area contributed by atoms with Gasteiger partial charge in [0.2, 0.25) is 5.91 Å². The van der Waals surface area contributed by atoms with Crippen LogP contribution in [0.25, 0.3) is 0 Å². The molecule has 0 radical (unpaired) electrons. The summed E-state index contributed by atoms with van der Waals surface area (Å²) in [6.45, 7) is 7.77. The smallest absolute Gasteiger partial charge is 0.222 e. The van der Waals surface area contributed by atoms with Crippen LogP contribution in [0.3, 0.4) is 0 Å². The Bertz CT molecular complexity index is 269. The van der Waals surface area contributed by atoms with E-state index in [1.807, 2.05) is 13.8 Å². The third-order valence-electron chi connectivity index (χ3n) is 3.53. The van der Waals surface area contributed by atoms with Crippen LogP contribution in [0.15, 0.2) is 0 Å². The monoisotopic (exact) mass is 258 g/mol. The van der Waals surface area contributed by atoms with Crippen molar-refractivity contribution in [2.75, 3.05) is 26.2 Å². The van der Waals surface area contributed by atoms with Gasteiger partial charge in [0, 0.05) is 31.6 Å². The average Bonchev–Trinajstić information content (AvgIpc) is 2.28. The molecule has 0 aromatic heterocycles. The highest BCUT2D eigenvalue weighted by Gasteiger charge is 2.30. The van der Waals surface area contributed by atoms with E-state index >= 15 is 0 Å². The van der Waals surface area contributed by atoms with E-state index in [9.17, 15) is 9.90 Å². The summed E-state index contributed by atoms with van der Waals surface area (Å²) in [5.74, 6) is 0.182. The van der Waals surface area contributed by atoms with Crippen molar-refractivity contribution >= 4 is 5.91 Å². The summed E-state index contributed by atoms with van der Waals surface area (Å²) in [5.41, 5.74) is 0. The van der Waals surface area contributed by atoms with E-state index in [4.69, 9.17) is 5.11 Å². The molecule has 0 bridgehead atoms. The lowest BCUT2D eigenvalue weighted by Crippen LogP contribution is -2.53. The van der Waals surface area contributed by atoms with Gasteiger partial charge in [-0.2, -0.15) is 0 Å². The predicted octanol–water partition coefficient (Wildman–Crippen LogP) is -0.178. The molecule has 106 valence electrons. The number of hydrogen-bond acceptors (Lipinski definition) is 4. The van der Waals surface area contributed by atoms with E-state index in [0.29, 0.717) is 6.54 Å². The Morgan fingerprint density at radius 3 is 2.56 bits per heavy atom. The fourth-order valence-corrected chi connectivity index (χ4v) is 2.38. The number of hydrogen-bond donors (Lipinski definition) is 3. The van der Waals surface area contributed by atoms with Gasteiger partial charge in [-0.15, -0.1) is 0 Å². The van der Waals surface area contributed by atoms with Crippen molar-refractivity contribution in [3.8, 4) is 0 Å². The van der Waals surface area contributed by atoms with Crippen LogP contribution in [0.5, 0.6) is 0 Å². The summed E-state index contributed by atoms with van der Waals surface area (Å²) >= 11 is 0. The molecule has 1 saturated heterocycles. The molecule has 0 saturated carbocycles. The SMILES string of the molecule is CC(C)C(=O)NC1CC(C(C)O)CN(CCO)C1. The van der Waals surface area contributed by atoms with Crippen molar-refractivity contribution in [1.82, 2.24) is 10.2 Å². The lowest BCUT2D eigenvalue weighted by molar-refractivity contribution is -0.125. The molecule has 1 amide bonds. The first kappa shape index (κ1) is 15.4. The van der Waals surface area contributed by atoms with Gasteiger partial charge in [-0.25, -0.2) is 0 Å². The minimum absolute atomic E-state index is 0.0248. The molecule has 0 aromatic carbocycles. The summed E-state index contributed by atoms with van der Waals surface area (Å²) < 4.78 is 0. The molecule has 0 aromatic rings. The summed E-state index contributed by atoms with van der Waals surface area (Å²) in [4.78, 5) is 13.8. The zero-order chi connectivity index (χ0) is 13.7. The molecule has 1 heterocycles. The first-order chi connectivity index (χ1) is 8.43. The first-order valence-corrected chi connectivity index (χ1v) is 6.75. The number of rotatable bonds is 5. The van der Waals surface area contributed by atoms with E-state index in [0.717, 1.165) is 19.5 Å². The number of aliphatic hydroxyl groups excluding tert-OH is 2. The molecule has 0 aliphatic carbocycles. The third-order valence-corrected chi connectivity index (χ3v) is 3.53.